The van der Waals surface area contributed by atoms with Crippen molar-refractivity contribution in [3.8, 4) is 0 Å². The van der Waals surface area contributed by atoms with Crippen molar-refractivity contribution in [1.82, 2.24) is 5.32 Å². The molecule has 0 spiro atoms. The minimum atomic E-state index is -0.968. The highest BCUT2D eigenvalue weighted by molar-refractivity contribution is 5.96. The molecule has 0 aliphatic heterocycles. The van der Waals surface area contributed by atoms with E-state index in [0.29, 0.717) is 17.7 Å². The lowest BCUT2D eigenvalue weighted by atomic mass is 10.1. The zero-order valence-electron chi connectivity index (χ0n) is 15.6. The Morgan fingerprint density at radius 3 is 2.11 bits per heavy atom. The van der Waals surface area contributed by atoms with Crippen LogP contribution in [0.3, 0.4) is 0 Å². The number of aromatic carboxylic acids is 1. The molecule has 1 aliphatic rings. The van der Waals surface area contributed by atoms with E-state index in [2.05, 4.69) is 10.6 Å². The van der Waals surface area contributed by atoms with Gasteiger partial charge in [-0.15, -0.1) is 0 Å². The summed E-state index contributed by atoms with van der Waals surface area (Å²) in [6.07, 6.45) is 5.22. The smallest absolute Gasteiger partial charge is 0.335 e. The minimum absolute atomic E-state index is 0.0745. The van der Waals surface area contributed by atoms with Gasteiger partial charge in [0, 0.05) is 23.7 Å². The van der Waals surface area contributed by atoms with Crippen molar-refractivity contribution in [2.24, 2.45) is 0 Å². The van der Waals surface area contributed by atoms with Crippen LogP contribution in [-0.4, -0.2) is 28.9 Å². The lowest BCUT2D eigenvalue weighted by molar-refractivity contribution is -0.116. The zero-order chi connectivity index (χ0) is 19.9. The van der Waals surface area contributed by atoms with Crippen molar-refractivity contribution < 1.29 is 19.5 Å². The molecule has 3 N–H and O–H groups in total. The number of rotatable bonds is 7. The van der Waals surface area contributed by atoms with Gasteiger partial charge in [-0.25, -0.2) is 4.79 Å². The average molecular weight is 380 g/mol. The van der Waals surface area contributed by atoms with E-state index in [9.17, 15) is 14.4 Å². The first kappa shape index (κ1) is 19.6. The molecule has 1 saturated carbocycles. The summed E-state index contributed by atoms with van der Waals surface area (Å²) in [5.41, 5.74) is 2.36. The summed E-state index contributed by atoms with van der Waals surface area (Å²) in [6, 6.07) is 13.6. The maximum Gasteiger partial charge on any atom is 0.335 e. The zero-order valence-corrected chi connectivity index (χ0v) is 15.6. The van der Waals surface area contributed by atoms with Gasteiger partial charge in [0.25, 0.3) is 5.91 Å². The van der Waals surface area contributed by atoms with Gasteiger partial charge in [0.15, 0.2) is 0 Å². The Kier molecular flexibility index (Phi) is 6.42. The van der Waals surface area contributed by atoms with Gasteiger partial charge in [-0.2, -0.15) is 0 Å². The Morgan fingerprint density at radius 2 is 1.50 bits per heavy atom. The minimum Gasteiger partial charge on any atom is -0.478 e. The standard InChI is InChI=1S/C22H24N2O4/c25-20(14-7-15-5-8-17(9-6-15)22(27)28)23-19-12-10-16(11-13-19)21(26)24-18-3-1-2-4-18/h5-6,8-13,18H,1-4,7,14H2,(H,23,25)(H,24,26)(H,27,28). The number of carboxylic acid groups (broad SMARTS) is 1. The first-order valence-corrected chi connectivity index (χ1v) is 9.54. The highest BCUT2D eigenvalue weighted by Crippen LogP contribution is 2.18. The van der Waals surface area contributed by atoms with E-state index in [4.69, 9.17) is 5.11 Å². The molecule has 0 bridgehead atoms. The van der Waals surface area contributed by atoms with E-state index in [1.807, 2.05) is 0 Å². The lowest BCUT2D eigenvalue weighted by Gasteiger charge is -2.12. The molecule has 28 heavy (non-hydrogen) atoms. The highest BCUT2D eigenvalue weighted by atomic mass is 16.4. The largest absolute Gasteiger partial charge is 0.478 e. The van der Waals surface area contributed by atoms with Crippen LogP contribution in [0.25, 0.3) is 0 Å². The molecule has 6 heteroatoms. The lowest BCUT2D eigenvalue weighted by Crippen LogP contribution is -2.32. The second kappa shape index (κ2) is 9.17. The SMILES string of the molecule is O=C(CCc1ccc(C(=O)O)cc1)Nc1ccc(C(=O)NC2CCCC2)cc1. The van der Waals surface area contributed by atoms with Crippen molar-refractivity contribution in [2.45, 2.75) is 44.6 Å². The number of carboxylic acids is 1. The number of nitrogens with one attached hydrogen (secondary N) is 2. The monoisotopic (exact) mass is 380 g/mol. The molecule has 2 amide bonds. The molecule has 0 saturated heterocycles. The molecule has 0 aromatic heterocycles. The summed E-state index contributed by atoms with van der Waals surface area (Å²) >= 11 is 0. The highest BCUT2D eigenvalue weighted by Gasteiger charge is 2.17. The normalized spacial score (nSPS) is 13.9. The fraction of sp³-hybridized carbons (Fsp3) is 0.318. The third-order valence-corrected chi connectivity index (χ3v) is 4.96. The molecular weight excluding hydrogens is 356 g/mol. The number of amides is 2. The number of carbonyl (C=O) groups is 3. The maximum atomic E-state index is 12.2. The molecule has 1 fully saturated rings. The number of carbonyl (C=O) groups excluding carboxylic acids is 2. The van der Waals surface area contributed by atoms with Gasteiger partial charge < -0.3 is 15.7 Å². The van der Waals surface area contributed by atoms with Crippen molar-refractivity contribution in [2.75, 3.05) is 5.32 Å². The Labute approximate surface area is 164 Å². The van der Waals surface area contributed by atoms with Crippen LogP contribution in [0, 0.1) is 0 Å². The third-order valence-electron chi connectivity index (χ3n) is 4.96. The predicted molar refractivity (Wildman–Crippen MR) is 107 cm³/mol. The second-order valence-corrected chi connectivity index (χ2v) is 7.08. The predicted octanol–water partition coefficient (Wildman–Crippen LogP) is 3.63. The average Bonchev–Trinajstić information content (AvgIpc) is 3.20. The Bertz CT molecular complexity index is 838. The van der Waals surface area contributed by atoms with Crippen LogP contribution in [-0.2, 0) is 11.2 Å². The molecule has 0 atom stereocenters. The van der Waals surface area contributed by atoms with Crippen LogP contribution in [0.15, 0.2) is 48.5 Å². The summed E-state index contributed by atoms with van der Waals surface area (Å²) < 4.78 is 0. The van der Waals surface area contributed by atoms with Crippen LogP contribution in [0.2, 0.25) is 0 Å². The summed E-state index contributed by atoms with van der Waals surface area (Å²) in [5.74, 6) is -1.18. The first-order valence-electron chi connectivity index (χ1n) is 9.54. The number of hydrogen-bond acceptors (Lipinski definition) is 3. The molecule has 6 nitrogen and oxygen atoms in total. The van der Waals surface area contributed by atoms with Crippen LogP contribution in [0.4, 0.5) is 5.69 Å². The van der Waals surface area contributed by atoms with Gasteiger partial charge in [-0.3, -0.25) is 9.59 Å². The van der Waals surface area contributed by atoms with Gasteiger partial charge in [0.1, 0.15) is 0 Å². The van der Waals surface area contributed by atoms with Crippen molar-refractivity contribution >= 4 is 23.5 Å². The van der Waals surface area contributed by atoms with Crippen LogP contribution >= 0.6 is 0 Å². The number of anilines is 1. The Hall–Kier alpha value is -3.15. The molecule has 0 heterocycles. The van der Waals surface area contributed by atoms with Crippen LogP contribution in [0.5, 0.6) is 0 Å². The van der Waals surface area contributed by atoms with Gasteiger partial charge >= 0.3 is 5.97 Å². The van der Waals surface area contributed by atoms with E-state index < -0.39 is 5.97 Å². The second-order valence-electron chi connectivity index (χ2n) is 7.08. The van der Waals surface area contributed by atoms with Gasteiger partial charge in [-0.05, 0) is 61.2 Å². The molecular formula is C22H24N2O4. The first-order chi connectivity index (χ1) is 13.5. The Balaban J connectivity index is 1.47. The van der Waals surface area contributed by atoms with Crippen molar-refractivity contribution in [3.05, 3.63) is 65.2 Å². The Morgan fingerprint density at radius 1 is 0.893 bits per heavy atom. The van der Waals surface area contributed by atoms with E-state index in [0.717, 1.165) is 18.4 Å². The molecule has 2 aromatic rings. The van der Waals surface area contributed by atoms with E-state index in [1.54, 1.807) is 36.4 Å². The number of aryl methyl sites for hydroxylation is 1. The van der Waals surface area contributed by atoms with Gasteiger partial charge in [0.05, 0.1) is 5.56 Å². The quantitative estimate of drug-likeness (QED) is 0.683. The van der Waals surface area contributed by atoms with Crippen molar-refractivity contribution in [3.63, 3.8) is 0 Å². The van der Waals surface area contributed by atoms with E-state index in [1.165, 1.54) is 25.0 Å². The summed E-state index contributed by atoms with van der Waals surface area (Å²) in [6.45, 7) is 0. The third kappa shape index (κ3) is 5.42. The molecule has 0 radical (unpaired) electrons. The van der Waals surface area contributed by atoms with Crippen molar-refractivity contribution in [1.29, 1.82) is 0 Å². The fourth-order valence-corrected chi connectivity index (χ4v) is 3.34. The number of hydrogen-bond donors (Lipinski definition) is 3. The van der Waals surface area contributed by atoms with E-state index >= 15 is 0 Å². The van der Waals surface area contributed by atoms with E-state index in [-0.39, 0.29) is 29.8 Å². The summed E-state index contributed by atoms with van der Waals surface area (Å²) in [7, 11) is 0. The molecule has 146 valence electrons. The topological polar surface area (TPSA) is 95.5 Å². The fourth-order valence-electron chi connectivity index (χ4n) is 3.34. The number of benzene rings is 2. The molecule has 3 rings (SSSR count). The van der Waals surface area contributed by atoms with Gasteiger partial charge in [0.2, 0.25) is 5.91 Å². The van der Waals surface area contributed by atoms with Crippen LogP contribution < -0.4 is 10.6 Å². The summed E-state index contributed by atoms with van der Waals surface area (Å²) in [5, 5.41) is 14.8. The van der Waals surface area contributed by atoms with Gasteiger partial charge in [-0.1, -0.05) is 25.0 Å². The summed E-state index contributed by atoms with van der Waals surface area (Å²) in [4.78, 5) is 35.2. The maximum absolute atomic E-state index is 12.2. The molecule has 2 aromatic carbocycles. The van der Waals surface area contributed by atoms with Crippen LogP contribution in [0.1, 0.15) is 58.4 Å². The molecule has 0 unspecified atom stereocenters. The molecule has 1 aliphatic carbocycles.